The molecule has 0 aromatic rings. The molecule has 0 aromatic carbocycles. The first-order valence-corrected chi connectivity index (χ1v) is 13.6. The molecule has 1 unspecified atom stereocenters. The molecule has 0 spiro atoms. The Hall–Kier alpha value is -0.320. The summed E-state index contributed by atoms with van der Waals surface area (Å²) in [7, 11) is 1.58. The van der Waals surface area contributed by atoms with E-state index < -0.39 is 37.3 Å². The fourth-order valence-corrected chi connectivity index (χ4v) is 4.25. The van der Waals surface area contributed by atoms with Crippen molar-refractivity contribution in [2.45, 2.75) is 134 Å². The van der Waals surface area contributed by atoms with Gasteiger partial charge in [-0.3, -0.25) is 0 Å². The predicted molar refractivity (Wildman–Crippen MR) is 134 cm³/mol. The van der Waals surface area contributed by atoms with E-state index in [4.69, 9.17) is 24.7 Å². The van der Waals surface area contributed by atoms with Gasteiger partial charge in [0.05, 0.1) is 25.9 Å². The summed E-state index contributed by atoms with van der Waals surface area (Å²) in [5.74, 6) is 0. The van der Waals surface area contributed by atoms with Crippen molar-refractivity contribution in [2.24, 2.45) is 5.73 Å². The molecule has 0 amide bonds. The van der Waals surface area contributed by atoms with Crippen molar-refractivity contribution in [2.75, 3.05) is 33.5 Å². The zero-order chi connectivity index (χ0) is 25.0. The van der Waals surface area contributed by atoms with E-state index in [1.165, 1.54) is 83.5 Å². The second kappa shape index (κ2) is 20.8. The summed E-state index contributed by atoms with van der Waals surface area (Å²) in [6.45, 7) is 3.10. The van der Waals surface area contributed by atoms with Gasteiger partial charge in [0, 0.05) is 13.7 Å². The van der Waals surface area contributed by atoms with Gasteiger partial charge in [-0.15, -0.1) is 0 Å². The second-order valence-corrected chi connectivity index (χ2v) is 9.65. The highest BCUT2D eigenvalue weighted by atomic mass is 16.7. The van der Waals surface area contributed by atoms with Crippen LogP contribution in [0.4, 0.5) is 0 Å². The highest BCUT2D eigenvalue weighted by Crippen LogP contribution is 2.21. The molecule has 204 valence electrons. The van der Waals surface area contributed by atoms with Crippen LogP contribution in [0.15, 0.2) is 0 Å². The lowest BCUT2D eigenvalue weighted by Gasteiger charge is -2.40. The molecule has 6 atom stereocenters. The zero-order valence-electron chi connectivity index (χ0n) is 21.7. The molecule has 8 heteroatoms. The first kappa shape index (κ1) is 31.7. The molecule has 0 radical (unpaired) electrons. The molecular formula is C26H53NO7. The van der Waals surface area contributed by atoms with E-state index in [1.807, 2.05) is 0 Å². The van der Waals surface area contributed by atoms with Crippen LogP contribution in [0.25, 0.3) is 0 Å². The molecule has 0 aliphatic carbocycles. The van der Waals surface area contributed by atoms with Gasteiger partial charge in [0.15, 0.2) is 6.29 Å². The summed E-state index contributed by atoms with van der Waals surface area (Å²) in [6, 6.07) is -0.910. The Morgan fingerprint density at radius 3 is 1.82 bits per heavy atom. The van der Waals surface area contributed by atoms with Gasteiger partial charge in [0.1, 0.15) is 24.4 Å². The minimum atomic E-state index is -1.24. The number of methoxy groups -OCH3 is 1. The Balaban J connectivity index is 1.97. The number of hydrogen-bond donors (Lipinski definition) is 4. The van der Waals surface area contributed by atoms with Gasteiger partial charge < -0.3 is 40.0 Å². The molecule has 0 aromatic heterocycles. The minimum Gasteiger partial charge on any atom is -0.394 e. The van der Waals surface area contributed by atoms with Crippen molar-refractivity contribution in [1.82, 2.24) is 0 Å². The first-order chi connectivity index (χ1) is 16.5. The number of aliphatic hydroxyl groups excluding tert-OH is 3. The number of ether oxygens (including phenoxy) is 4. The average molecular weight is 492 g/mol. The van der Waals surface area contributed by atoms with Crippen molar-refractivity contribution in [1.29, 1.82) is 0 Å². The Bertz CT molecular complexity index is 455. The summed E-state index contributed by atoms with van der Waals surface area (Å²) < 4.78 is 22.2. The highest BCUT2D eigenvalue weighted by molar-refractivity contribution is 4.91. The van der Waals surface area contributed by atoms with Crippen LogP contribution in [0.2, 0.25) is 0 Å². The SMILES string of the molecule is CCCCCCCCCCCCCCCCOCC(CO[C@H]1O[C@H](CO)[C@@H](O)[C@H](O)[C@@H]1N)OC. The smallest absolute Gasteiger partial charge is 0.175 e. The Morgan fingerprint density at radius 2 is 1.32 bits per heavy atom. The predicted octanol–water partition coefficient (Wildman–Crippen LogP) is 3.28. The first-order valence-electron chi connectivity index (χ1n) is 13.6. The number of aliphatic hydroxyl groups is 3. The summed E-state index contributed by atoms with van der Waals surface area (Å²) in [4.78, 5) is 0. The van der Waals surface area contributed by atoms with Gasteiger partial charge in [-0.25, -0.2) is 0 Å². The van der Waals surface area contributed by atoms with Crippen LogP contribution in [0, 0.1) is 0 Å². The van der Waals surface area contributed by atoms with E-state index in [0.29, 0.717) is 13.2 Å². The lowest BCUT2D eigenvalue weighted by molar-refractivity contribution is -0.271. The maximum atomic E-state index is 10.00. The molecule has 34 heavy (non-hydrogen) atoms. The van der Waals surface area contributed by atoms with Crippen molar-refractivity contribution in [3.8, 4) is 0 Å². The van der Waals surface area contributed by atoms with Gasteiger partial charge in [-0.2, -0.15) is 0 Å². The van der Waals surface area contributed by atoms with E-state index in [1.54, 1.807) is 7.11 Å². The summed E-state index contributed by atoms with van der Waals surface area (Å²) in [6.07, 6.45) is 14.0. The number of rotatable bonds is 22. The highest BCUT2D eigenvalue weighted by Gasteiger charge is 2.43. The van der Waals surface area contributed by atoms with Crippen LogP contribution >= 0.6 is 0 Å². The van der Waals surface area contributed by atoms with Gasteiger partial charge in [-0.05, 0) is 6.42 Å². The molecule has 0 bridgehead atoms. The fraction of sp³-hybridized carbons (Fsp3) is 1.00. The molecule has 0 saturated carbocycles. The fourth-order valence-electron chi connectivity index (χ4n) is 4.25. The maximum Gasteiger partial charge on any atom is 0.175 e. The third kappa shape index (κ3) is 13.7. The molecule has 1 aliphatic rings. The van der Waals surface area contributed by atoms with E-state index in [-0.39, 0.29) is 12.7 Å². The number of hydrogen-bond acceptors (Lipinski definition) is 8. The van der Waals surface area contributed by atoms with Crippen LogP contribution in [0.5, 0.6) is 0 Å². The van der Waals surface area contributed by atoms with E-state index in [9.17, 15) is 15.3 Å². The Labute approximate surface area is 207 Å². The van der Waals surface area contributed by atoms with Gasteiger partial charge in [-0.1, -0.05) is 90.4 Å². The molecule has 1 rings (SSSR count). The molecule has 1 aliphatic heterocycles. The normalized spacial score (nSPS) is 26.1. The summed E-state index contributed by atoms with van der Waals surface area (Å²) in [5, 5.41) is 29.1. The Morgan fingerprint density at radius 1 is 0.794 bits per heavy atom. The molecular weight excluding hydrogens is 438 g/mol. The zero-order valence-corrected chi connectivity index (χ0v) is 21.7. The molecule has 8 nitrogen and oxygen atoms in total. The molecule has 1 heterocycles. The standard InChI is InChI=1S/C26H53NO7/c1-3-4-5-6-7-8-9-10-11-12-13-14-15-16-17-32-19-21(31-2)20-33-26-23(27)25(30)24(29)22(18-28)34-26/h21-26,28-30H,3-20,27H2,1-2H3/t21?,22-,23+,24-,25-,26+/m1/s1. The second-order valence-electron chi connectivity index (χ2n) is 9.65. The van der Waals surface area contributed by atoms with Crippen LogP contribution in [0.3, 0.4) is 0 Å². The quantitative estimate of drug-likeness (QED) is 0.170. The van der Waals surface area contributed by atoms with Crippen molar-refractivity contribution in [3.05, 3.63) is 0 Å². The van der Waals surface area contributed by atoms with Crippen LogP contribution in [-0.4, -0.2) is 85.6 Å². The lowest BCUT2D eigenvalue weighted by Crippen LogP contribution is -2.62. The van der Waals surface area contributed by atoms with Gasteiger partial charge >= 0.3 is 0 Å². The van der Waals surface area contributed by atoms with E-state index >= 15 is 0 Å². The van der Waals surface area contributed by atoms with Crippen LogP contribution in [-0.2, 0) is 18.9 Å². The summed E-state index contributed by atoms with van der Waals surface area (Å²) in [5.41, 5.74) is 5.88. The topological polar surface area (TPSA) is 124 Å². The summed E-state index contributed by atoms with van der Waals surface area (Å²) >= 11 is 0. The lowest BCUT2D eigenvalue weighted by atomic mass is 9.98. The van der Waals surface area contributed by atoms with E-state index in [0.717, 1.165) is 6.42 Å². The average Bonchev–Trinajstić information content (AvgIpc) is 2.85. The van der Waals surface area contributed by atoms with Crippen LogP contribution in [0.1, 0.15) is 96.8 Å². The molecule has 5 N–H and O–H groups in total. The molecule has 1 saturated heterocycles. The molecule has 1 fully saturated rings. The Kier molecular flexibility index (Phi) is 19.4. The number of nitrogens with two attached hydrogens (primary N) is 1. The van der Waals surface area contributed by atoms with Gasteiger partial charge in [0.2, 0.25) is 0 Å². The minimum absolute atomic E-state index is 0.175. The van der Waals surface area contributed by atoms with Crippen molar-refractivity contribution >= 4 is 0 Å². The number of unbranched alkanes of at least 4 members (excludes halogenated alkanes) is 13. The third-order valence-electron chi connectivity index (χ3n) is 6.65. The largest absolute Gasteiger partial charge is 0.394 e. The maximum absolute atomic E-state index is 10.00. The van der Waals surface area contributed by atoms with Crippen molar-refractivity contribution < 1.29 is 34.3 Å². The third-order valence-corrected chi connectivity index (χ3v) is 6.65. The van der Waals surface area contributed by atoms with Gasteiger partial charge in [0.25, 0.3) is 0 Å². The monoisotopic (exact) mass is 491 g/mol. The van der Waals surface area contributed by atoms with Crippen LogP contribution < -0.4 is 5.73 Å². The van der Waals surface area contributed by atoms with E-state index in [2.05, 4.69) is 6.92 Å². The van der Waals surface area contributed by atoms with Crippen molar-refractivity contribution in [3.63, 3.8) is 0 Å².